The molecule has 2 aromatic carbocycles. The summed E-state index contributed by atoms with van der Waals surface area (Å²) in [7, 11) is 1.66. The lowest BCUT2D eigenvalue weighted by molar-refractivity contribution is 0.0789. The quantitative estimate of drug-likeness (QED) is 0.622. The summed E-state index contributed by atoms with van der Waals surface area (Å²) in [6.45, 7) is 4.38. The van der Waals surface area contributed by atoms with Crippen molar-refractivity contribution in [3.63, 3.8) is 0 Å². The van der Waals surface area contributed by atoms with Crippen molar-refractivity contribution in [3.05, 3.63) is 71.5 Å². The van der Waals surface area contributed by atoms with Crippen LogP contribution in [0, 0.1) is 6.92 Å². The highest BCUT2D eigenvalue weighted by Gasteiger charge is 2.30. The number of hydrogen-bond donors (Lipinski definition) is 1. The van der Waals surface area contributed by atoms with E-state index in [-0.39, 0.29) is 11.8 Å². The molecule has 0 unspecified atom stereocenters. The van der Waals surface area contributed by atoms with E-state index in [1.807, 2.05) is 54.3 Å². The Morgan fingerprint density at radius 3 is 2.61 bits per heavy atom. The second-order valence-corrected chi connectivity index (χ2v) is 8.37. The van der Waals surface area contributed by atoms with E-state index in [0.717, 1.165) is 34.9 Å². The third-order valence-corrected chi connectivity index (χ3v) is 6.03. The number of carbonyl (C=O) groups excluding carboxylic acids is 1. The van der Waals surface area contributed by atoms with Crippen molar-refractivity contribution >= 4 is 17.3 Å². The summed E-state index contributed by atoms with van der Waals surface area (Å²) in [4.78, 5) is 19.8. The van der Waals surface area contributed by atoms with Gasteiger partial charge in [0.1, 0.15) is 19.0 Å². The van der Waals surface area contributed by atoms with Crippen LogP contribution in [0.3, 0.4) is 0 Å². The Bertz CT molecular complexity index is 1160. The minimum atomic E-state index is 0.0127. The third kappa shape index (κ3) is 4.58. The summed E-state index contributed by atoms with van der Waals surface area (Å²) < 4.78 is 16.4. The summed E-state index contributed by atoms with van der Waals surface area (Å²) >= 11 is 0. The second-order valence-electron chi connectivity index (χ2n) is 8.37. The minimum absolute atomic E-state index is 0.0127. The summed E-state index contributed by atoms with van der Waals surface area (Å²) in [5, 5.41) is 3.45. The Balaban J connectivity index is 1.29. The molecular weight excluding hydrogens is 418 g/mol. The summed E-state index contributed by atoms with van der Waals surface area (Å²) in [6.07, 6.45) is 0.884. The minimum Gasteiger partial charge on any atom is -0.497 e. The first-order valence-electron chi connectivity index (χ1n) is 11.2. The number of nitrogens with one attached hydrogen (secondary N) is 1. The lowest BCUT2D eigenvalue weighted by atomic mass is 10.0. The van der Waals surface area contributed by atoms with Crippen molar-refractivity contribution < 1.29 is 19.0 Å². The fourth-order valence-electron chi connectivity index (χ4n) is 4.36. The highest BCUT2D eigenvalue weighted by molar-refractivity contribution is 5.95. The van der Waals surface area contributed by atoms with Gasteiger partial charge < -0.3 is 24.4 Å². The van der Waals surface area contributed by atoms with Gasteiger partial charge in [-0.3, -0.25) is 9.78 Å². The average molecular weight is 446 g/mol. The Kier molecular flexibility index (Phi) is 5.77. The van der Waals surface area contributed by atoms with Crippen molar-refractivity contribution in [1.82, 2.24) is 9.88 Å². The standard InChI is InChI=1S/C26H27N3O4/c1-17-13-21(28-20-4-6-22(31-2)7-5-20)15-23(27-17)19-9-10-29(16-19)26(30)18-3-8-24-25(14-18)33-12-11-32-24/h3-8,13-15,19H,9-12,16H2,1-2H3,(H,27,28)/t19-/m1/s1. The van der Waals surface area contributed by atoms with Gasteiger partial charge in [0, 0.05) is 47.3 Å². The zero-order valence-corrected chi connectivity index (χ0v) is 18.8. The molecule has 1 atom stereocenters. The van der Waals surface area contributed by atoms with E-state index in [9.17, 15) is 4.79 Å². The van der Waals surface area contributed by atoms with Crippen molar-refractivity contribution in [2.45, 2.75) is 19.3 Å². The number of anilines is 2. The highest BCUT2D eigenvalue weighted by Crippen LogP contribution is 2.33. The van der Waals surface area contributed by atoms with E-state index < -0.39 is 0 Å². The molecule has 1 amide bonds. The SMILES string of the molecule is COc1ccc(Nc2cc(C)nc([C@@H]3CCN(C(=O)c4ccc5c(c4)OCCO5)C3)c2)cc1. The summed E-state index contributed by atoms with van der Waals surface area (Å²) in [5.74, 6) is 2.36. The molecule has 7 nitrogen and oxygen atoms in total. The lowest BCUT2D eigenvalue weighted by Crippen LogP contribution is -2.28. The van der Waals surface area contributed by atoms with Gasteiger partial charge in [-0.1, -0.05) is 0 Å². The van der Waals surface area contributed by atoms with Crippen LogP contribution >= 0.6 is 0 Å². The molecule has 5 rings (SSSR count). The van der Waals surface area contributed by atoms with Crippen molar-refractivity contribution in [2.24, 2.45) is 0 Å². The van der Waals surface area contributed by atoms with Gasteiger partial charge in [0.15, 0.2) is 11.5 Å². The topological polar surface area (TPSA) is 72.9 Å². The number of methoxy groups -OCH3 is 1. The molecular formula is C26H27N3O4. The fourth-order valence-corrected chi connectivity index (χ4v) is 4.36. The van der Waals surface area contributed by atoms with Crippen LogP contribution in [0.4, 0.5) is 11.4 Å². The first-order chi connectivity index (χ1) is 16.1. The van der Waals surface area contributed by atoms with Crippen LogP contribution in [-0.4, -0.2) is 49.2 Å². The first-order valence-corrected chi connectivity index (χ1v) is 11.2. The van der Waals surface area contributed by atoms with Gasteiger partial charge in [0.25, 0.3) is 5.91 Å². The van der Waals surface area contributed by atoms with Gasteiger partial charge in [-0.25, -0.2) is 0 Å². The van der Waals surface area contributed by atoms with Crippen molar-refractivity contribution in [3.8, 4) is 17.2 Å². The third-order valence-electron chi connectivity index (χ3n) is 6.03. The Morgan fingerprint density at radius 2 is 1.82 bits per heavy atom. The predicted octanol–water partition coefficient (Wildman–Crippen LogP) is 4.54. The average Bonchev–Trinajstić information content (AvgIpc) is 3.34. The number of rotatable bonds is 5. The Hall–Kier alpha value is -3.74. The van der Waals surface area contributed by atoms with Gasteiger partial charge in [0.05, 0.1) is 7.11 Å². The number of ether oxygens (including phenoxy) is 3. The van der Waals surface area contributed by atoms with E-state index in [0.29, 0.717) is 43.4 Å². The van der Waals surface area contributed by atoms with Gasteiger partial charge in [-0.2, -0.15) is 0 Å². The molecule has 3 aromatic rings. The zero-order chi connectivity index (χ0) is 22.8. The van der Waals surface area contributed by atoms with E-state index >= 15 is 0 Å². The molecule has 0 radical (unpaired) electrons. The molecule has 1 saturated heterocycles. The normalized spacial score (nSPS) is 17.0. The van der Waals surface area contributed by atoms with Crippen molar-refractivity contribution in [2.75, 3.05) is 38.7 Å². The molecule has 7 heteroatoms. The lowest BCUT2D eigenvalue weighted by Gasteiger charge is -2.21. The maximum Gasteiger partial charge on any atom is 0.254 e. The molecule has 0 spiro atoms. The molecule has 0 saturated carbocycles. The predicted molar refractivity (Wildman–Crippen MR) is 126 cm³/mol. The number of pyridine rings is 1. The largest absolute Gasteiger partial charge is 0.497 e. The smallest absolute Gasteiger partial charge is 0.254 e. The molecule has 33 heavy (non-hydrogen) atoms. The van der Waals surface area contributed by atoms with Crippen LogP contribution in [0.2, 0.25) is 0 Å². The number of likely N-dealkylation sites (tertiary alicyclic amines) is 1. The maximum absolute atomic E-state index is 13.1. The zero-order valence-electron chi connectivity index (χ0n) is 18.8. The molecule has 0 bridgehead atoms. The van der Waals surface area contributed by atoms with Gasteiger partial charge in [-0.15, -0.1) is 0 Å². The van der Waals surface area contributed by atoms with Gasteiger partial charge in [0.2, 0.25) is 0 Å². The number of fused-ring (bicyclic) bond motifs is 1. The van der Waals surface area contributed by atoms with E-state index in [1.54, 1.807) is 13.2 Å². The van der Waals surface area contributed by atoms with E-state index in [4.69, 9.17) is 19.2 Å². The number of carbonyl (C=O) groups is 1. The van der Waals surface area contributed by atoms with Gasteiger partial charge >= 0.3 is 0 Å². The van der Waals surface area contributed by atoms with Crippen LogP contribution in [0.5, 0.6) is 17.2 Å². The Labute approximate surface area is 193 Å². The second kappa shape index (κ2) is 9.02. The molecule has 1 fully saturated rings. The number of benzene rings is 2. The van der Waals surface area contributed by atoms with E-state index in [2.05, 4.69) is 11.4 Å². The molecule has 2 aliphatic heterocycles. The number of nitrogens with zero attached hydrogens (tertiary/aromatic N) is 2. The maximum atomic E-state index is 13.1. The molecule has 2 aliphatic rings. The van der Waals surface area contributed by atoms with Crippen LogP contribution in [0.25, 0.3) is 0 Å². The number of aromatic nitrogens is 1. The van der Waals surface area contributed by atoms with Crippen LogP contribution in [0.1, 0.15) is 34.1 Å². The number of hydrogen-bond acceptors (Lipinski definition) is 6. The highest BCUT2D eigenvalue weighted by atomic mass is 16.6. The molecule has 0 aliphatic carbocycles. The fraction of sp³-hybridized carbons (Fsp3) is 0.308. The van der Waals surface area contributed by atoms with Crippen LogP contribution in [0.15, 0.2) is 54.6 Å². The van der Waals surface area contributed by atoms with Gasteiger partial charge in [-0.05, 0) is 67.9 Å². The molecule has 3 heterocycles. The number of amides is 1. The van der Waals surface area contributed by atoms with Crippen LogP contribution in [-0.2, 0) is 0 Å². The van der Waals surface area contributed by atoms with Crippen molar-refractivity contribution in [1.29, 1.82) is 0 Å². The van der Waals surface area contributed by atoms with Crippen LogP contribution < -0.4 is 19.5 Å². The van der Waals surface area contributed by atoms with E-state index in [1.165, 1.54) is 0 Å². The molecule has 1 N–H and O–H groups in total. The molecule has 1 aromatic heterocycles. The first kappa shape index (κ1) is 21.1. The molecule has 170 valence electrons. The Morgan fingerprint density at radius 1 is 1.03 bits per heavy atom. The summed E-state index contributed by atoms with van der Waals surface area (Å²) in [6, 6.07) is 17.3. The summed E-state index contributed by atoms with van der Waals surface area (Å²) in [5.41, 5.74) is 4.54. The monoisotopic (exact) mass is 445 g/mol. The number of aryl methyl sites for hydroxylation is 1.